The fourth-order valence-corrected chi connectivity index (χ4v) is 4.63. The van der Waals surface area contributed by atoms with Crippen molar-refractivity contribution in [2.24, 2.45) is 4.99 Å². The molecule has 1 N–H and O–H groups in total. The van der Waals surface area contributed by atoms with Crippen LogP contribution in [-0.4, -0.2) is 23.7 Å². The Morgan fingerprint density at radius 2 is 1.76 bits per heavy atom. The third kappa shape index (κ3) is 4.52. The molecule has 6 heteroatoms. The maximum Gasteiger partial charge on any atom is 0.251 e. The van der Waals surface area contributed by atoms with E-state index in [4.69, 9.17) is 9.73 Å². The van der Waals surface area contributed by atoms with E-state index < -0.39 is 0 Å². The highest BCUT2D eigenvalue weighted by Gasteiger charge is 2.20. The average Bonchev–Trinajstić information content (AvgIpc) is 3.04. The van der Waals surface area contributed by atoms with E-state index in [1.807, 2.05) is 72.8 Å². The van der Waals surface area contributed by atoms with Crippen LogP contribution < -0.4 is 10.1 Å². The van der Waals surface area contributed by atoms with Crippen molar-refractivity contribution in [2.45, 2.75) is 16.3 Å². The van der Waals surface area contributed by atoms with Crippen molar-refractivity contribution in [3.63, 3.8) is 0 Å². The normalized spacial score (nSPS) is 12.1. The number of nitrogens with one attached hydrogen (secondary N) is 1. The Morgan fingerprint density at radius 3 is 2.55 bits per heavy atom. The van der Waals surface area contributed by atoms with Gasteiger partial charge in [-0.25, -0.2) is 4.99 Å². The molecule has 33 heavy (non-hydrogen) atoms. The Kier molecular flexibility index (Phi) is 5.91. The van der Waals surface area contributed by atoms with Gasteiger partial charge in [0, 0.05) is 32.7 Å². The molecule has 0 bridgehead atoms. The number of benzene rings is 3. The van der Waals surface area contributed by atoms with E-state index in [9.17, 15) is 4.79 Å². The lowest BCUT2D eigenvalue weighted by molar-refractivity contribution is 0.0950. The molecule has 2 heterocycles. The molecule has 0 spiro atoms. The first-order valence-corrected chi connectivity index (χ1v) is 11.4. The number of aliphatic imine (C=N–C) groups is 1. The second-order valence-corrected chi connectivity index (χ2v) is 8.56. The number of hydrogen-bond acceptors (Lipinski definition) is 5. The predicted molar refractivity (Wildman–Crippen MR) is 131 cm³/mol. The van der Waals surface area contributed by atoms with E-state index >= 15 is 0 Å². The summed E-state index contributed by atoms with van der Waals surface area (Å²) in [5.74, 6) is 0.638. The number of hydrogen-bond donors (Lipinski definition) is 1. The number of rotatable bonds is 5. The minimum atomic E-state index is -0.156. The van der Waals surface area contributed by atoms with Crippen molar-refractivity contribution in [2.75, 3.05) is 7.11 Å². The molecule has 4 aromatic rings. The maximum atomic E-state index is 12.8. The fourth-order valence-electron chi connectivity index (χ4n) is 3.63. The highest BCUT2D eigenvalue weighted by atomic mass is 32.2. The Bertz CT molecular complexity index is 1340. The monoisotopic (exact) mass is 451 g/mol. The Hall–Kier alpha value is -3.90. The third-order valence-corrected chi connectivity index (χ3v) is 6.48. The molecule has 5 nitrogen and oxygen atoms in total. The first-order chi connectivity index (χ1) is 16.2. The number of aromatic nitrogens is 1. The molecule has 0 saturated carbocycles. The quantitative estimate of drug-likeness (QED) is 0.375. The van der Waals surface area contributed by atoms with Crippen molar-refractivity contribution >= 4 is 29.1 Å². The molecule has 162 valence electrons. The molecule has 1 aromatic heterocycles. The van der Waals surface area contributed by atoms with Gasteiger partial charge in [0.05, 0.1) is 30.7 Å². The summed E-state index contributed by atoms with van der Waals surface area (Å²) < 4.78 is 5.31. The standard InChI is InChI=1S/C27H21N3O2S/c1-32-21-12-9-18(10-13-21)26-22-7-2-3-8-24(22)33-25-14-11-19(16-23(25)30-26)27(31)29-17-20-6-4-5-15-28-20/h2-16H,17H2,1H3,(H,29,31). The molecule has 0 fully saturated rings. The van der Waals surface area contributed by atoms with Crippen molar-refractivity contribution in [3.05, 3.63) is 114 Å². The molecule has 0 radical (unpaired) electrons. The van der Waals surface area contributed by atoms with Crippen molar-refractivity contribution < 1.29 is 9.53 Å². The number of fused-ring (bicyclic) bond motifs is 2. The van der Waals surface area contributed by atoms with E-state index in [0.29, 0.717) is 12.1 Å². The second kappa shape index (κ2) is 9.30. The molecule has 5 rings (SSSR count). The van der Waals surface area contributed by atoms with Crippen LogP contribution in [0.25, 0.3) is 0 Å². The van der Waals surface area contributed by atoms with Crippen molar-refractivity contribution in [1.29, 1.82) is 0 Å². The summed E-state index contributed by atoms with van der Waals surface area (Å²) >= 11 is 1.66. The molecule has 1 amide bonds. The number of carbonyl (C=O) groups is 1. The summed E-state index contributed by atoms with van der Waals surface area (Å²) in [7, 11) is 1.65. The lowest BCUT2D eigenvalue weighted by Gasteiger charge is -2.09. The number of methoxy groups -OCH3 is 1. The van der Waals surface area contributed by atoms with Gasteiger partial charge in [-0.05, 0) is 60.7 Å². The van der Waals surface area contributed by atoms with Crippen molar-refractivity contribution in [3.8, 4) is 5.75 Å². The zero-order valence-electron chi connectivity index (χ0n) is 18.0. The summed E-state index contributed by atoms with van der Waals surface area (Å²) in [6.45, 7) is 0.372. The van der Waals surface area contributed by atoms with Gasteiger partial charge in [-0.3, -0.25) is 9.78 Å². The molecule has 1 aliphatic heterocycles. The van der Waals surface area contributed by atoms with E-state index in [-0.39, 0.29) is 5.91 Å². The Labute approximate surface area is 196 Å². The van der Waals surface area contributed by atoms with Gasteiger partial charge < -0.3 is 10.1 Å². The van der Waals surface area contributed by atoms with Crippen LogP contribution >= 0.6 is 11.8 Å². The topological polar surface area (TPSA) is 63.6 Å². The summed E-state index contributed by atoms with van der Waals surface area (Å²) in [5, 5.41) is 2.94. The largest absolute Gasteiger partial charge is 0.497 e. The van der Waals surface area contributed by atoms with Gasteiger partial charge in [0.2, 0.25) is 0 Å². The number of amides is 1. The SMILES string of the molecule is COc1ccc(C2=Nc3cc(C(=O)NCc4ccccn4)ccc3Sc3ccccc32)cc1. The first-order valence-electron chi connectivity index (χ1n) is 10.5. The fraction of sp³-hybridized carbons (Fsp3) is 0.0741. The zero-order chi connectivity index (χ0) is 22.6. The molecule has 1 aliphatic rings. The molecule has 0 unspecified atom stereocenters. The maximum absolute atomic E-state index is 12.8. The van der Waals surface area contributed by atoms with Crippen LogP contribution in [0.1, 0.15) is 27.2 Å². The molecule has 0 atom stereocenters. The highest BCUT2D eigenvalue weighted by molar-refractivity contribution is 7.99. The van der Waals surface area contributed by atoms with Crippen LogP contribution in [0.2, 0.25) is 0 Å². The van der Waals surface area contributed by atoms with Gasteiger partial charge >= 0.3 is 0 Å². The number of pyridine rings is 1. The van der Waals surface area contributed by atoms with Crippen LogP contribution in [0, 0.1) is 0 Å². The molecular formula is C27H21N3O2S. The van der Waals surface area contributed by atoms with Gasteiger partial charge in [0.1, 0.15) is 5.75 Å². The van der Waals surface area contributed by atoms with Crippen LogP contribution in [0.3, 0.4) is 0 Å². The van der Waals surface area contributed by atoms with Crippen LogP contribution in [-0.2, 0) is 6.54 Å². The average molecular weight is 452 g/mol. The number of nitrogens with zero attached hydrogens (tertiary/aromatic N) is 2. The number of ether oxygens (including phenoxy) is 1. The Morgan fingerprint density at radius 1 is 0.939 bits per heavy atom. The van der Waals surface area contributed by atoms with E-state index in [1.165, 1.54) is 0 Å². The second-order valence-electron chi connectivity index (χ2n) is 7.47. The summed E-state index contributed by atoms with van der Waals surface area (Å²) in [5.41, 5.74) is 5.06. The van der Waals surface area contributed by atoms with Crippen molar-refractivity contribution in [1.82, 2.24) is 10.3 Å². The minimum absolute atomic E-state index is 0.156. The van der Waals surface area contributed by atoms with E-state index in [0.717, 1.165) is 43.8 Å². The van der Waals surface area contributed by atoms with E-state index in [2.05, 4.69) is 22.4 Å². The lowest BCUT2D eigenvalue weighted by Crippen LogP contribution is -2.23. The smallest absolute Gasteiger partial charge is 0.251 e. The zero-order valence-corrected chi connectivity index (χ0v) is 18.8. The minimum Gasteiger partial charge on any atom is -0.497 e. The van der Waals surface area contributed by atoms with Crippen LogP contribution in [0.4, 0.5) is 5.69 Å². The summed E-state index contributed by atoms with van der Waals surface area (Å²) in [6.07, 6.45) is 1.72. The van der Waals surface area contributed by atoms with Crippen LogP contribution in [0.15, 0.2) is 106 Å². The summed E-state index contributed by atoms with van der Waals surface area (Å²) in [4.78, 5) is 24.2. The lowest BCUT2D eigenvalue weighted by atomic mass is 10.0. The molecule has 3 aromatic carbocycles. The Balaban J connectivity index is 1.51. The highest BCUT2D eigenvalue weighted by Crippen LogP contribution is 2.41. The number of carbonyl (C=O) groups excluding carboxylic acids is 1. The van der Waals surface area contributed by atoms with E-state index in [1.54, 1.807) is 25.1 Å². The summed E-state index contributed by atoms with van der Waals surface area (Å²) in [6, 6.07) is 27.4. The van der Waals surface area contributed by atoms with Gasteiger partial charge in [-0.1, -0.05) is 36.0 Å². The van der Waals surface area contributed by atoms with Gasteiger partial charge in [-0.2, -0.15) is 0 Å². The first kappa shape index (κ1) is 21.0. The van der Waals surface area contributed by atoms with Gasteiger partial charge in [-0.15, -0.1) is 0 Å². The predicted octanol–water partition coefficient (Wildman–Crippen LogP) is 5.65. The molecule has 0 saturated heterocycles. The molecule has 0 aliphatic carbocycles. The molecular weight excluding hydrogens is 430 g/mol. The van der Waals surface area contributed by atoms with Gasteiger partial charge in [0.15, 0.2) is 0 Å². The van der Waals surface area contributed by atoms with Gasteiger partial charge in [0.25, 0.3) is 5.91 Å². The van der Waals surface area contributed by atoms with Crippen LogP contribution in [0.5, 0.6) is 5.75 Å². The third-order valence-electron chi connectivity index (χ3n) is 5.34.